The van der Waals surface area contributed by atoms with Crippen LogP contribution in [0.1, 0.15) is 74.2 Å². The van der Waals surface area contributed by atoms with E-state index in [1.54, 1.807) is 14.0 Å². The Morgan fingerprint density at radius 1 is 0.970 bits per heavy atom. The second-order valence-electron chi connectivity index (χ2n) is 10.8. The molecule has 33 heavy (non-hydrogen) atoms. The standard InChI is InChI=1S/C26H46O6Si/c1-16(2)33(17(3)4,18(5)6)32-24(26(9,28)15-27)19(7)23-20(8)30-25(31-23)21-11-13-22(29-10)14-12-21/h11-14,16-20,23-25,27-28H,15H2,1-10H3/t19-,20-,23-,24+,25?,26-/m0/s1. The van der Waals surface area contributed by atoms with Gasteiger partial charge in [-0.25, -0.2) is 0 Å². The fourth-order valence-electron chi connectivity index (χ4n) is 5.72. The fraction of sp³-hybridized carbons (Fsp3) is 0.769. The Kier molecular flexibility index (Phi) is 9.58. The lowest BCUT2D eigenvalue weighted by atomic mass is 9.85. The number of rotatable bonds is 11. The molecule has 7 heteroatoms. The summed E-state index contributed by atoms with van der Waals surface area (Å²) in [4.78, 5) is 0. The molecule has 0 aliphatic carbocycles. The van der Waals surface area contributed by atoms with Crippen LogP contribution in [0.2, 0.25) is 16.6 Å². The second kappa shape index (κ2) is 11.2. The summed E-state index contributed by atoms with van der Waals surface area (Å²) < 4.78 is 24.9. The Bertz CT molecular complexity index is 711. The molecule has 190 valence electrons. The van der Waals surface area contributed by atoms with Crippen molar-refractivity contribution in [3.8, 4) is 5.75 Å². The average molecular weight is 483 g/mol. The van der Waals surface area contributed by atoms with Gasteiger partial charge in [-0.2, -0.15) is 0 Å². The van der Waals surface area contributed by atoms with Gasteiger partial charge >= 0.3 is 0 Å². The topological polar surface area (TPSA) is 77.4 Å². The Hall–Kier alpha value is -0.963. The molecule has 1 saturated heterocycles. The molecule has 2 N–H and O–H groups in total. The van der Waals surface area contributed by atoms with Crippen molar-refractivity contribution in [3.63, 3.8) is 0 Å². The highest BCUT2D eigenvalue weighted by Gasteiger charge is 2.53. The van der Waals surface area contributed by atoms with E-state index in [1.165, 1.54) is 0 Å². The minimum absolute atomic E-state index is 0.194. The predicted octanol–water partition coefficient (Wildman–Crippen LogP) is 5.44. The zero-order valence-electron chi connectivity index (χ0n) is 22.2. The molecule has 0 amide bonds. The van der Waals surface area contributed by atoms with Gasteiger partial charge in [0.1, 0.15) is 11.4 Å². The Morgan fingerprint density at radius 3 is 1.91 bits per heavy atom. The number of aliphatic hydroxyl groups is 2. The van der Waals surface area contributed by atoms with Gasteiger partial charge in [-0.05, 0) is 42.6 Å². The monoisotopic (exact) mass is 482 g/mol. The molecule has 1 fully saturated rings. The van der Waals surface area contributed by atoms with Crippen molar-refractivity contribution in [2.75, 3.05) is 13.7 Å². The van der Waals surface area contributed by atoms with E-state index < -0.39 is 26.3 Å². The molecule has 6 nitrogen and oxygen atoms in total. The van der Waals surface area contributed by atoms with Crippen molar-refractivity contribution in [2.45, 2.75) is 109 Å². The predicted molar refractivity (Wildman–Crippen MR) is 134 cm³/mol. The van der Waals surface area contributed by atoms with Crippen LogP contribution >= 0.6 is 0 Å². The Morgan fingerprint density at radius 2 is 1.48 bits per heavy atom. The van der Waals surface area contributed by atoms with Crippen LogP contribution in [0.15, 0.2) is 24.3 Å². The van der Waals surface area contributed by atoms with Gasteiger partial charge in [0.05, 0.1) is 32.0 Å². The maximum atomic E-state index is 11.3. The lowest BCUT2D eigenvalue weighted by Crippen LogP contribution is -2.60. The third-order valence-corrected chi connectivity index (χ3v) is 13.5. The van der Waals surface area contributed by atoms with E-state index in [2.05, 4.69) is 41.5 Å². The molecule has 0 aromatic heterocycles. The first-order valence-electron chi connectivity index (χ1n) is 12.3. The van der Waals surface area contributed by atoms with Gasteiger partial charge < -0.3 is 28.8 Å². The van der Waals surface area contributed by atoms with E-state index in [-0.39, 0.29) is 24.7 Å². The highest BCUT2D eigenvalue weighted by Crippen LogP contribution is 2.46. The summed E-state index contributed by atoms with van der Waals surface area (Å²) in [5.41, 5.74) is 0.571. The quantitative estimate of drug-likeness (QED) is 0.409. The molecule has 0 saturated carbocycles. The fourth-order valence-corrected chi connectivity index (χ4v) is 11.4. The highest BCUT2D eigenvalue weighted by atomic mass is 28.4. The second-order valence-corrected chi connectivity index (χ2v) is 16.2. The van der Waals surface area contributed by atoms with Crippen molar-refractivity contribution in [1.82, 2.24) is 0 Å². The van der Waals surface area contributed by atoms with Crippen molar-refractivity contribution in [1.29, 1.82) is 0 Å². The zero-order chi connectivity index (χ0) is 25.1. The van der Waals surface area contributed by atoms with Crippen molar-refractivity contribution >= 4 is 8.32 Å². The van der Waals surface area contributed by atoms with Crippen LogP contribution in [0.4, 0.5) is 0 Å². The maximum Gasteiger partial charge on any atom is 0.200 e. The highest BCUT2D eigenvalue weighted by molar-refractivity contribution is 6.77. The van der Waals surface area contributed by atoms with E-state index in [0.717, 1.165) is 11.3 Å². The first-order valence-corrected chi connectivity index (χ1v) is 14.4. The first-order chi connectivity index (χ1) is 15.3. The third kappa shape index (κ3) is 5.82. The van der Waals surface area contributed by atoms with Gasteiger partial charge in [0.2, 0.25) is 8.32 Å². The van der Waals surface area contributed by atoms with Crippen LogP contribution in [-0.4, -0.2) is 56.2 Å². The van der Waals surface area contributed by atoms with Gasteiger partial charge in [0.15, 0.2) is 6.29 Å². The third-order valence-electron chi connectivity index (χ3n) is 7.44. The van der Waals surface area contributed by atoms with E-state index >= 15 is 0 Å². The lowest BCUT2D eigenvalue weighted by molar-refractivity contribution is -0.135. The number of methoxy groups -OCH3 is 1. The minimum atomic E-state index is -2.33. The Labute approximate surface area is 201 Å². The molecule has 6 atom stereocenters. The molecule has 1 aromatic carbocycles. The maximum absolute atomic E-state index is 11.3. The van der Waals surface area contributed by atoms with E-state index in [0.29, 0.717) is 16.6 Å². The number of benzene rings is 1. The van der Waals surface area contributed by atoms with Gasteiger partial charge in [0.25, 0.3) is 0 Å². The molecule has 0 radical (unpaired) electrons. The molecular weight excluding hydrogens is 436 g/mol. The number of hydrogen-bond donors (Lipinski definition) is 2. The zero-order valence-corrected chi connectivity index (χ0v) is 23.2. The average Bonchev–Trinajstić information content (AvgIpc) is 3.14. The number of ether oxygens (including phenoxy) is 3. The van der Waals surface area contributed by atoms with E-state index in [1.807, 2.05) is 38.1 Å². The molecule has 1 aliphatic heterocycles. The van der Waals surface area contributed by atoms with Crippen LogP contribution < -0.4 is 4.74 Å². The summed E-state index contributed by atoms with van der Waals surface area (Å²) in [5, 5.41) is 21.4. The largest absolute Gasteiger partial charge is 0.497 e. The van der Waals surface area contributed by atoms with E-state index in [9.17, 15) is 10.2 Å². The molecule has 1 unspecified atom stereocenters. The van der Waals surface area contributed by atoms with Crippen LogP contribution in [0.5, 0.6) is 5.75 Å². The van der Waals surface area contributed by atoms with Crippen LogP contribution in [0, 0.1) is 5.92 Å². The van der Waals surface area contributed by atoms with Crippen LogP contribution in [0.3, 0.4) is 0 Å². The summed E-state index contributed by atoms with van der Waals surface area (Å²) in [6.45, 7) is 18.6. The van der Waals surface area contributed by atoms with Crippen LogP contribution in [0.25, 0.3) is 0 Å². The van der Waals surface area contributed by atoms with Crippen molar-refractivity contribution < 1.29 is 28.8 Å². The van der Waals surface area contributed by atoms with Gasteiger partial charge in [0, 0.05) is 11.5 Å². The van der Waals surface area contributed by atoms with E-state index in [4.69, 9.17) is 18.6 Å². The smallest absolute Gasteiger partial charge is 0.200 e. The normalized spacial score (nSPS) is 25.5. The summed E-state index contributed by atoms with van der Waals surface area (Å²) in [6, 6.07) is 7.66. The van der Waals surface area contributed by atoms with Crippen molar-refractivity contribution in [2.24, 2.45) is 5.92 Å². The Balaban J connectivity index is 2.36. The minimum Gasteiger partial charge on any atom is -0.497 e. The van der Waals surface area contributed by atoms with Gasteiger partial charge in [-0.1, -0.05) is 60.6 Å². The summed E-state index contributed by atoms with van der Waals surface area (Å²) in [7, 11) is -0.687. The number of aliphatic hydroxyl groups excluding tert-OH is 1. The molecule has 0 bridgehead atoms. The number of hydrogen-bond acceptors (Lipinski definition) is 6. The molecule has 1 aliphatic rings. The molecular formula is C26H46O6Si. The molecule has 1 aromatic rings. The molecule has 2 rings (SSSR count). The molecule has 0 spiro atoms. The van der Waals surface area contributed by atoms with Gasteiger partial charge in [-0.3, -0.25) is 0 Å². The first kappa shape index (κ1) is 28.3. The van der Waals surface area contributed by atoms with Gasteiger partial charge in [-0.15, -0.1) is 0 Å². The molecule has 1 heterocycles. The van der Waals surface area contributed by atoms with Crippen molar-refractivity contribution in [3.05, 3.63) is 29.8 Å². The van der Waals surface area contributed by atoms with Crippen LogP contribution in [-0.2, 0) is 13.9 Å². The summed E-state index contributed by atoms with van der Waals surface area (Å²) >= 11 is 0. The lowest BCUT2D eigenvalue weighted by Gasteiger charge is -2.49. The SMILES string of the molecule is COc1ccc(C2O[C@@H]([C@H](C)[C@@H](O[Si](C(C)C)(C(C)C)C(C)C)[C@@](C)(O)CO)[C@H](C)O2)cc1. The summed E-state index contributed by atoms with van der Waals surface area (Å²) in [5.74, 6) is 0.577. The summed E-state index contributed by atoms with van der Waals surface area (Å²) in [6.07, 6.45) is -1.58.